The molecule has 3 aromatic rings. The molecule has 30 heavy (non-hydrogen) atoms. The smallest absolute Gasteiger partial charge is 0.266 e. The number of nitrogens with zero attached hydrogens (tertiary/aromatic N) is 5. The zero-order chi connectivity index (χ0) is 21.5. The minimum atomic E-state index is -0.335. The summed E-state index contributed by atoms with van der Waals surface area (Å²) in [5.74, 6) is 0.522. The molecule has 0 saturated carbocycles. The standard InChI is InChI=1S/C19H22N6O4S/c1-4-28-15-7-6-13(10-16(15)29-5-2)21-17(26)11-24(3)19(27)18-14(8-9-30-18)25-12-20-22-23-25/h6-10,12H,4-5,11H2,1-3H3,(H,21,26). The lowest BCUT2D eigenvalue weighted by molar-refractivity contribution is -0.116. The molecule has 1 aromatic carbocycles. The second kappa shape index (κ2) is 9.83. The fourth-order valence-electron chi connectivity index (χ4n) is 2.70. The minimum absolute atomic E-state index is 0.122. The summed E-state index contributed by atoms with van der Waals surface area (Å²) in [6.45, 7) is 4.61. The molecule has 0 spiro atoms. The maximum Gasteiger partial charge on any atom is 0.266 e. The number of nitrogens with one attached hydrogen (secondary N) is 1. The maximum absolute atomic E-state index is 12.8. The van der Waals surface area contributed by atoms with Gasteiger partial charge in [-0.3, -0.25) is 9.59 Å². The average Bonchev–Trinajstić information content (AvgIpc) is 3.41. The molecule has 1 N–H and O–H groups in total. The first-order chi connectivity index (χ1) is 14.5. The number of anilines is 1. The van der Waals surface area contributed by atoms with E-state index >= 15 is 0 Å². The number of aromatic nitrogens is 4. The van der Waals surface area contributed by atoms with E-state index in [1.165, 1.54) is 27.2 Å². The lowest BCUT2D eigenvalue weighted by Gasteiger charge is -2.17. The summed E-state index contributed by atoms with van der Waals surface area (Å²) in [6.07, 6.45) is 1.41. The Kier molecular flexibility index (Phi) is 6.96. The molecule has 10 nitrogen and oxygen atoms in total. The molecule has 3 rings (SSSR count). The summed E-state index contributed by atoms with van der Waals surface area (Å²) in [5, 5.41) is 15.5. The van der Waals surface area contributed by atoms with Crippen LogP contribution in [0.5, 0.6) is 11.5 Å². The monoisotopic (exact) mass is 430 g/mol. The zero-order valence-electron chi connectivity index (χ0n) is 16.9. The first-order valence-electron chi connectivity index (χ1n) is 9.29. The highest BCUT2D eigenvalue weighted by molar-refractivity contribution is 7.12. The van der Waals surface area contributed by atoms with Gasteiger partial charge in [0.2, 0.25) is 5.91 Å². The highest BCUT2D eigenvalue weighted by Gasteiger charge is 2.21. The van der Waals surface area contributed by atoms with E-state index in [0.29, 0.717) is 41.0 Å². The number of benzene rings is 1. The van der Waals surface area contributed by atoms with Gasteiger partial charge in [-0.25, -0.2) is 0 Å². The van der Waals surface area contributed by atoms with Crippen LogP contribution in [0.1, 0.15) is 23.5 Å². The number of tetrazole rings is 1. The molecule has 0 aliphatic heterocycles. The zero-order valence-corrected chi connectivity index (χ0v) is 17.7. The summed E-state index contributed by atoms with van der Waals surface area (Å²) in [5.41, 5.74) is 1.12. The van der Waals surface area contributed by atoms with Crippen molar-refractivity contribution < 1.29 is 19.1 Å². The molecule has 0 bridgehead atoms. The first-order valence-corrected chi connectivity index (χ1v) is 10.2. The van der Waals surface area contributed by atoms with E-state index in [1.807, 2.05) is 13.8 Å². The molecule has 2 heterocycles. The van der Waals surface area contributed by atoms with Gasteiger partial charge in [0.1, 0.15) is 11.2 Å². The summed E-state index contributed by atoms with van der Waals surface area (Å²) in [4.78, 5) is 27.1. The Morgan fingerprint density at radius 3 is 2.63 bits per heavy atom. The first kappa shape index (κ1) is 21.2. The van der Waals surface area contributed by atoms with Gasteiger partial charge in [0.15, 0.2) is 11.5 Å². The molecule has 0 fully saturated rings. The van der Waals surface area contributed by atoms with Crippen molar-refractivity contribution in [3.05, 3.63) is 40.8 Å². The van der Waals surface area contributed by atoms with E-state index in [0.717, 1.165) is 0 Å². The Morgan fingerprint density at radius 2 is 1.93 bits per heavy atom. The number of rotatable bonds is 9. The Balaban J connectivity index is 1.66. The van der Waals surface area contributed by atoms with E-state index in [9.17, 15) is 9.59 Å². The second-order valence-electron chi connectivity index (χ2n) is 6.13. The summed E-state index contributed by atoms with van der Waals surface area (Å²) in [6, 6.07) is 6.91. The van der Waals surface area contributed by atoms with Crippen LogP contribution in [0, 0.1) is 0 Å². The van der Waals surface area contributed by atoms with E-state index in [1.54, 1.807) is 36.7 Å². The quantitative estimate of drug-likeness (QED) is 0.554. The fourth-order valence-corrected chi connectivity index (χ4v) is 3.58. The van der Waals surface area contributed by atoms with Gasteiger partial charge in [-0.1, -0.05) is 0 Å². The fraction of sp³-hybridized carbons (Fsp3) is 0.316. The molecule has 0 aliphatic rings. The number of likely N-dealkylation sites (N-methyl/N-ethyl adjacent to an activating group) is 1. The third kappa shape index (κ3) is 4.92. The van der Waals surface area contributed by atoms with E-state index in [2.05, 4.69) is 20.8 Å². The van der Waals surface area contributed by atoms with Crippen LogP contribution < -0.4 is 14.8 Å². The van der Waals surface area contributed by atoms with Gasteiger partial charge < -0.3 is 19.7 Å². The number of hydrogen-bond donors (Lipinski definition) is 1. The lowest BCUT2D eigenvalue weighted by atomic mass is 10.2. The van der Waals surface area contributed by atoms with Gasteiger partial charge in [-0.15, -0.1) is 16.4 Å². The predicted molar refractivity (Wildman–Crippen MR) is 111 cm³/mol. The molecule has 0 radical (unpaired) electrons. The Bertz CT molecular complexity index is 1000. The van der Waals surface area contributed by atoms with Crippen molar-refractivity contribution in [3.8, 4) is 17.2 Å². The van der Waals surface area contributed by atoms with Crippen LogP contribution in [0.4, 0.5) is 5.69 Å². The average molecular weight is 430 g/mol. The van der Waals surface area contributed by atoms with Crippen molar-refractivity contribution in [1.82, 2.24) is 25.1 Å². The molecule has 158 valence electrons. The van der Waals surface area contributed by atoms with Crippen LogP contribution in [0.25, 0.3) is 5.69 Å². The van der Waals surface area contributed by atoms with Crippen LogP contribution >= 0.6 is 11.3 Å². The van der Waals surface area contributed by atoms with Crippen LogP contribution in [0.2, 0.25) is 0 Å². The highest BCUT2D eigenvalue weighted by atomic mass is 32.1. The number of carbonyl (C=O) groups excluding carboxylic acids is 2. The van der Waals surface area contributed by atoms with Crippen molar-refractivity contribution in [3.63, 3.8) is 0 Å². The number of ether oxygens (including phenoxy) is 2. The molecule has 0 aliphatic carbocycles. The van der Waals surface area contributed by atoms with Crippen LogP contribution in [-0.2, 0) is 4.79 Å². The SMILES string of the molecule is CCOc1ccc(NC(=O)CN(C)C(=O)c2sccc2-n2cnnn2)cc1OCC. The van der Waals surface area contributed by atoms with Crippen molar-refractivity contribution in [2.75, 3.05) is 32.1 Å². The topological polar surface area (TPSA) is 111 Å². The number of thiophene rings is 1. The molecular weight excluding hydrogens is 408 g/mol. The molecule has 0 saturated heterocycles. The van der Waals surface area contributed by atoms with Crippen LogP contribution in [-0.4, -0.2) is 63.7 Å². The van der Waals surface area contributed by atoms with Gasteiger partial charge in [-0.2, -0.15) is 4.68 Å². The molecule has 0 unspecified atom stereocenters. The van der Waals surface area contributed by atoms with Gasteiger partial charge in [0, 0.05) is 18.8 Å². The summed E-state index contributed by atoms with van der Waals surface area (Å²) >= 11 is 1.26. The van der Waals surface area contributed by atoms with Gasteiger partial charge in [-0.05, 0) is 47.9 Å². The third-order valence-electron chi connectivity index (χ3n) is 3.99. The lowest BCUT2D eigenvalue weighted by Crippen LogP contribution is -2.35. The number of hydrogen-bond acceptors (Lipinski definition) is 8. The largest absolute Gasteiger partial charge is 0.490 e. The van der Waals surface area contributed by atoms with Crippen molar-refractivity contribution in [1.29, 1.82) is 0 Å². The van der Waals surface area contributed by atoms with Crippen molar-refractivity contribution in [2.24, 2.45) is 0 Å². The normalized spacial score (nSPS) is 10.5. The predicted octanol–water partition coefficient (Wildman–Crippen LogP) is 2.23. The molecule has 2 amide bonds. The summed E-state index contributed by atoms with van der Waals surface area (Å²) < 4.78 is 12.5. The minimum Gasteiger partial charge on any atom is -0.490 e. The number of carbonyl (C=O) groups is 2. The van der Waals surface area contributed by atoms with Gasteiger partial charge in [0.25, 0.3) is 5.91 Å². The van der Waals surface area contributed by atoms with Gasteiger partial charge in [0.05, 0.1) is 25.4 Å². The molecule has 11 heteroatoms. The van der Waals surface area contributed by atoms with E-state index < -0.39 is 0 Å². The Morgan fingerprint density at radius 1 is 1.17 bits per heavy atom. The van der Waals surface area contributed by atoms with E-state index in [-0.39, 0.29) is 18.4 Å². The highest BCUT2D eigenvalue weighted by Crippen LogP contribution is 2.30. The van der Waals surface area contributed by atoms with Gasteiger partial charge >= 0.3 is 0 Å². The van der Waals surface area contributed by atoms with Crippen LogP contribution in [0.15, 0.2) is 36.0 Å². The van der Waals surface area contributed by atoms with Crippen molar-refractivity contribution >= 4 is 28.8 Å². The number of amides is 2. The molecular formula is C19H22N6O4S. The molecule has 0 atom stereocenters. The second-order valence-corrected chi connectivity index (χ2v) is 7.04. The van der Waals surface area contributed by atoms with Crippen LogP contribution in [0.3, 0.4) is 0 Å². The van der Waals surface area contributed by atoms with E-state index in [4.69, 9.17) is 9.47 Å². The third-order valence-corrected chi connectivity index (χ3v) is 4.88. The maximum atomic E-state index is 12.8. The van der Waals surface area contributed by atoms with Crippen molar-refractivity contribution in [2.45, 2.75) is 13.8 Å². The Labute approximate surface area is 177 Å². The molecule has 2 aromatic heterocycles. The Hall–Kier alpha value is -3.47. The summed E-state index contributed by atoms with van der Waals surface area (Å²) in [7, 11) is 1.56.